The van der Waals surface area contributed by atoms with E-state index in [1.165, 1.54) is 0 Å². The summed E-state index contributed by atoms with van der Waals surface area (Å²) in [7, 11) is 0. The zero-order valence-corrected chi connectivity index (χ0v) is 7.55. The van der Waals surface area contributed by atoms with E-state index >= 15 is 0 Å². The van der Waals surface area contributed by atoms with Crippen LogP contribution in [0.15, 0.2) is 21.2 Å². The molecule has 0 spiro atoms. The fraction of sp³-hybridized carbons (Fsp3) is 0.400. The van der Waals surface area contributed by atoms with Gasteiger partial charge in [-0.1, -0.05) is 13.8 Å². The summed E-state index contributed by atoms with van der Waals surface area (Å²) in [5.74, 6) is 1.46. The molecule has 2 rings (SSSR count). The maximum absolute atomic E-state index is 5.61. The number of hydrogen-bond acceptors (Lipinski definition) is 2. The van der Waals surface area contributed by atoms with E-state index in [2.05, 4.69) is 13.8 Å². The van der Waals surface area contributed by atoms with E-state index < -0.39 is 0 Å². The van der Waals surface area contributed by atoms with E-state index in [1.54, 1.807) is 6.26 Å². The van der Waals surface area contributed by atoms with Gasteiger partial charge in [0, 0.05) is 17.5 Å². The normalized spacial score (nSPS) is 11.7. The summed E-state index contributed by atoms with van der Waals surface area (Å²) in [5.41, 5.74) is 2.87. The van der Waals surface area contributed by atoms with Crippen molar-refractivity contribution in [3.63, 3.8) is 0 Å². The van der Waals surface area contributed by atoms with Crippen LogP contribution in [0.4, 0.5) is 0 Å². The van der Waals surface area contributed by atoms with Gasteiger partial charge in [0.2, 0.25) is 0 Å². The van der Waals surface area contributed by atoms with Crippen molar-refractivity contribution in [1.82, 2.24) is 0 Å². The molecule has 2 aromatic rings. The molecule has 0 atom stereocenters. The Bertz CT molecular complexity index is 393. The summed E-state index contributed by atoms with van der Waals surface area (Å²) in [4.78, 5) is 0. The Balaban J connectivity index is 2.70. The highest BCUT2D eigenvalue weighted by molar-refractivity contribution is 5.75. The predicted molar refractivity (Wildman–Crippen MR) is 47.3 cm³/mol. The van der Waals surface area contributed by atoms with Gasteiger partial charge in [-0.05, 0) is 6.92 Å². The molecule has 2 heterocycles. The quantitative estimate of drug-likeness (QED) is 0.645. The Morgan fingerprint density at radius 1 is 1.33 bits per heavy atom. The minimum Gasteiger partial charge on any atom is -0.461 e. The van der Waals surface area contributed by atoms with Crippen LogP contribution in [0.5, 0.6) is 0 Å². The lowest BCUT2D eigenvalue weighted by Crippen LogP contribution is -1.85. The maximum atomic E-state index is 5.61. The second-order valence-electron chi connectivity index (χ2n) is 3.36. The third kappa shape index (κ3) is 0.876. The Hall–Kier alpha value is -1.18. The molecule has 0 amide bonds. The van der Waals surface area contributed by atoms with Crippen LogP contribution in [0.1, 0.15) is 31.1 Å². The van der Waals surface area contributed by atoms with E-state index in [0.717, 1.165) is 22.5 Å². The third-order valence-electron chi connectivity index (χ3n) is 2.08. The summed E-state index contributed by atoms with van der Waals surface area (Å²) in [6, 6.07) is 1.86. The van der Waals surface area contributed by atoms with Crippen molar-refractivity contribution in [2.45, 2.75) is 26.7 Å². The molecule has 0 unspecified atom stereocenters. The summed E-state index contributed by atoms with van der Waals surface area (Å²) >= 11 is 0. The summed E-state index contributed by atoms with van der Waals surface area (Å²) < 4.78 is 10.9. The molecule has 64 valence electrons. The highest BCUT2D eigenvalue weighted by Gasteiger charge is 2.14. The van der Waals surface area contributed by atoms with Gasteiger partial charge in [-0.3, -0.25) is 0 Å². The number of fused-ring (bicyclic) bond motifs is 1. The SMILES string of the molecule is Cc1c(C(C)C)oc2ccoc12. The molecule has 0 saturated carbocycles. The topological polar surface area (TPSA) is 26.3 Å². The van der Waals surface area contributed by atoms with Gasteiger partial charge in [0.15, 0.2) is 11.2 Å². The molecule has 0 aliphatic carbocycles. The number of rotatable bonds is 1. The van der Waals surface area contributed by atoms with E-state index in [0.29, 0.717) is 5.92 Å². The minimum atomic E-state index is 0.424. The molecule has 0 aromatic carbocycles. The zero-order valence-electron chi connectivity index (χ0n) is 7.55. The van der Waals surface area contributed by atoms with Gasteiger partial charge in [-0.2, -0.15) is 0 Å². The number of aryl methyl sites for hydroxylation is 1. The molecule has 0 bridgehead atoms. The van der Waals surface area contributed by atoms with E-state index in [4.69, 9.17) is 8.83 Å². The molecule has 0 fully saturated rings. The largest absolute Gasteiger partial charge is 0.461 e. The average molecular weight is 164 g/mol. The summed E-state index contributed by atoms with van der Waals surface area (Å²) in [6.45, 7) is 6.26. The second kappa shape index (κ2) is 2.41. The van der Waals surface area contributed by atoms with Gasteiger partial charge in [-0.15, -0.1) is 0 Å². The van der Waals surface area contributed by atoms with Crippen LogP contribution in [0.3, 0.4) is 0 Å². The smallest absolute Gasteiger partial charge is 0.175 e. The monoisotopic (exact) mass is 164 g/mol. The van der Waals surface area contributed by atoms with Gasteiger partial charge in [-0.25, -0.2) is 0 Å². The molecular formula is C10H12O2. The van der Waals surface area contributed by atoms with Gasteiger partial charge in [0.1, 0.15) is 5.76 Å². The molecule has 0 aliphatic rings. The Morgan fingerprint density at radius 2 is 2.08 bits per heavy atom. The van der Waals surface area contributed by atoms with Crippen LogP contribution in [-0.2, 0) is 0 Å². The van der Waals surface area contributed by atoms with E-state index in [-0.39, 0.29) is 0 Å². The summed E-state index contributed by atoms with van der Waals surface area (Å²) in [6.07, 6.45) is 1.66. The first kappa shape index (κ1) is 7.47. The van der Waals surface area contributed by atoms with Crippen molar-refractivity contribution in [3.05, 3.63) is 23.7 Å². The fourth-order valence-corrected chi connectivity index (χ4v) is 1.51. The third-order valence-corrected chi connectivity index (χ3v) is 2.08. The van der Waals surface area contributed by atoms with Crippen molar-refractivity contribution >= 4 is 11.2 Å². The van der Waals surface area contributed by atoms with Crippen molar-refractivity contribution in [1.29, 1.82) is 0 Å². The molecule has 0 N–H and O–H groups in total. The zero-order chi connectivity index (χ0) is 8.72. The Morgan fingerprint density at radius 3 is 2.67 bits per heavy atom. The van der Waals surface area contributed by atoms with Crippen LogP contribution in [0.25, 0.3) is 11.2 Å². The Kier molecular flexibility index (Phi) is 1.50. The molecule has 0 saturated heterocycles. The van der Waals surface area contributed by atoms with Crippen LogP contribution >= 0.6 is 0 Å². The molecule has 12 heavy (non-hydrogen) atoms. The number of hydrogen-bond donors (Lipinski definition) is 0. The molecule has 2 heteroatoms. The highest BCUT2D eigenvalue weighted by atomic mass is 16.4. The van der Waals surface area contributed by atoms with Crippen LogP contribution in [0, 0.1) is 6.92 Å². The molecule has 2 aromatic heterocycles. The van der Waals surface area contributed by atoms with Crippen molar-refractivity contribution in [2.75, 3.05) is 0 Å². The van der Waals surface area contributed by atoms with Crippen molar-refractivity contribution in [2.24, 2.45) is 0 Å². The number of furan rings is 2. The van der Waals surface area contributed by atoms with Gasteiger partial charge in [0.25, 0.3) is 0 Å². The first-order chi connectivity index (χ1) is 5.70. The highest BCUT2D eigenvalue weighted by Crippen LogP contribution is 2.30. The lowest BCUT2D eigenvalue weighted by molar-refractivity contribution is 0.518. The second-order valence-corrected chi connectivity index (χ2v) is 3.36. The Labute approximate surface area is 71.2 Å². The van der Waals surface area contributed by atoms with Gasteiger partial charge < -0.3 is 8.83 Å². The van der Waals surface area contributed by atoms with Gasteiger partial charge >= 0.3 is 0 Å². The standard InChI is InChI=1S/C10H12O2/c1-6(2)9-7(3)10-8(12-9)4-5-11-10/h4-6H,1-3H3. The first-order valence-corrected chi connectivity index (χ1v) is 4.16. The lowest BCUT2D eigenvalue weighted by atomic mass is 10.1. The molecule has 0 aliphatic heterocycles. The first-order valence-electron chi connectivity index (χ1n) is 4.16. The molecule has 2 nitrogen and oxygen atoms in total. The van der Waals surface area contributed by atoms with Crippen molar-refractivity contribution in [3.8, 4) is 0 Å². The van der Waals surface area contributed by atoms with Crippen LogP contribution in [0.2, 0.25) is 0 Å². The van der Waals surface area contributed by atoms with Crippen LogP contribution < -0.4 is 0 Å². The fourth-order valence-electron chi connectivity index (χ4n) is 1.51. The molecular weight excluding hydrogens is 152 g/mol. The summed E-state index contributed by atoms with van der Waals surface area (Å²) in [5, 5.41) is 0. The average Bonchev–Trinajstić information content (AvgIpc) is 2.53. The minimum absolute atomic E-state index is 0.424. The predicted octanol–water partition coefficient (Wildman–Crippen LogP) is 3.46. The van der Waals surface area contributed by atoms with E-state index in [9.17, 15) is 0 Å². The lowest BCUT2D eigenvalue weighted by Gasteiger charge is -1.99. The molecule has 0 radical (unpaired) electrons. The maximum Gasteiger partial charge on any atom is 0.175 e. The van der Waals surface area contributed by atoms with E-state index in [1.807, 2.05) is 13.0 Å². The van der Waals surface area contributed by atoms with Gasteiger partial charge in [0.05, 0.1) is 6.26 Å². The van der Waals surface area contributed by atoms with Crippen LogP contribution in [-0.4, -0.2) is 0 Å². The van der Waals surface area contributed by atoms with Crippen molar-refractivity contribution < 1.29 is 8.83 Å².